The van der Waals surface area contributed by atoms with Crippen LogP contribution in [0.3, 0.4) is 0 Å². The molecule has 0 aliphatic carbocycles. The zero-order valence-corrected chi connectivity index (χ0v) is 11.8. The zero-order valence-electron chi connectivity index (χ0n) is 11.8. The second-order valence-electron chi connectivity index (χ2n) is 4.62. The molecule has 1 N–H and O–H groups in total. The van der Waals surface area contributed by atoms with Crippen molar-refractivity contribution in [1.29, 1.82) is 0 Å². The van der Waals surface area contributed by atoms with Crippen molar-refractivity contribution in [3.8, 4) is 0 Å². The van der Waals surface area contributed by atoms with Gasteiger partial charge in [0.2, 0.25) is 0 Å². The van der Waals surface area contributed by atoms with Crippen molar-refractivity contribution < 1.29 is 0 Å². The van der Waals surface area contributed by atoms with Gasteiger partial charge in [-0.3, -0.25) is 0 Å². The van der Waals surface area contributed by atoms with Crippen molar-refractivity contribution in [2.45, 2.75) is 53.5 Å². The van der Waals surface area contributed by atoms with Crippen molar-refractivity contribution in [2.24, 2.45) is 0 Å². The standard InChI is InChI=1S/C14H30N2/c1-6-10-15-14(12-13(4)5)9-11-16(7-2)8-3/h12,14-15H,6-11H2,1-5H3. The summed E-state index contributed by atoms with van der Waals surface area (Å²) in [6.45, 7) is 15.7. The van der Waals surface area contributed by atoms with E-state index in [0.717, 1.165) is 19.6 Å². The fourth-order valence-electron chi connectivity index (χ4n) is 1.84. The summed E-state index contributed by atoms with van der Waals surface area (Å²) in [4.78, 5) is 2.49. The Bertz CT molecular complexity index is 179. The smallest absolute Gasteiger partial charge is 0.0264 e. The van der Waals surface area contributed by atoms with E-state index in [9.17, 15) is 0 Å². The van der Waals surface area contributed by atoms with Crippen molar-refractivity contribution in [3.63, 3.8) is 0 Å². The Morgan fingerprint density at radius 3 is 2.25 bits per heavy atom. The number of rotatable bonds is 9. The lowest BCUT2D eigenvalue weighted by Crippen LogP contribution is -2.33. The molecule has 2 heteroatoms. The highest BCUT2D eigenvalue weighted by Gasteiger charge is 2.06. The second-order valence-corrected chi connectivity index (χ2v) is 4.62. The monoisotopic (exact) mass is 226 g/mol. The number of allylic oxidation sites excluding steroid dienone is 1. The second kappa shape index (κ2) is 9.86. The van der Waals surface area contributed by atoms with E-state index in [1.54, 1.807) is 0 Å². The Labute approximate surface area is 102 Å². The van der Waals surface area contributed by atoms with Gasteiger partial charge in [0.05, 0.1) is 0 Å². The van der Waals surface area contributed by atoms with E-state index in [1.807, 2.05) is 0 Å². The summed E-state index contributed by atoms with van der Waals surface area (Å²) in [6.07, 6.45) is 4.78. The van der Waals surface area contributed by atoms with Gasteiger partial charge in [-0.2, -0.15) is 0 Å². The molecule has 0 saturated heterocycles. The van der Waals surface area contributed by atoms with Crippen LogP contribution >= 0.6 is 0 Å². The van der Waals surface area contributed by atoms with Crippen LogP contribution in [0.5, 0.6) is 0 Å². The molecule has 0 aromatic carbocycles. The summed E-state index contributed by atoms with van der Waals surface area (Å²) in [5.74, 6) is 0. The van der Waals surface area contributed by atoms with E-state index in [0.29, 0.717) is 6.04 Å². The fraction of sp³-hybridized carbons (Fsp3) is 0.857. The molecule has 0 aliphatic rings. The largest absolute Gasteiger partial charge is 0.310 e. The van der Waals surface area contributed by atoms with Crippen LogP contribution in [0.4, 0.5) is 0 Å². The van der Waals surface area contributed by atoms with Gasteiger partial charge in [-0.05, 0) is 52.9 Å². The number of nitrogens with one attached hydrogen (secondary N) is 1. The fourth-order valence-corrected chi connectivity index (χ4v) is 1.84. The van der Waals surface area contributed by atoms with E-state index >= 15 is 0 Å². The first-order chi connectivity index (χ1) is 7.63. The molecule has 0 spiro atoms. The lowest BCUT2D eigenvalue weighted by Gasteiger charge is -2.22. The lowest BCUT2D eigenvalue weighted by atomic mass is 10.1. The van der Waals surface area contributed by atoms with Gasteiger partial charge in [0.1, 0.15) is 0 Å². The van der Waals surface area contributed by atoms with E-state index in [4.69, 9.17) is 0 Å². The average Bonchev–Trinajstić information content (AvgIpc) is 2.26. The molecule has 0 saturated carbocycles. The van der Waals surface area contributed by atoms with E-state index < -0.39 is 0 Å². The molecule has 16 heavy (non-hydrogen) atoms. The van der Waals surface area contributed by atoms with Gasteiger partial charge >= 0.3 is 0 Å². The van der Waals surface area contributed by atoms with Crippen molar-refractivity contribution in [3.05, 3.63) is 11.6 Å². The molecule has 0 amide bonds. The van der Waals surface area contributed by atoms with E-state index in [-0.39, 0.29) is 0 Å². The minimum absolute atomic E-state index is 0.547. The number of nitrogens with zero attached hydrogens (tertiary/aromatic N) is 1. The normalized spacial score (nSPS) is 12.9. The maximum atomic E-state index is 3.60. The highest BCUT2D eigenvalue weighted by Crippen LogP contribution is 2.02. The SMILES string of the molecule is CCCNC(C=C(C)C)CCN(CC)CC. The van der Waals surface area contributed by atoms with E-state index in [2.05, 4.69) is 50.9 Å². The predicted molar refractivity (Wildman–Crippen MR) is 73.9 cm³/mol. The summed E-state index contributed by atoms with van der Waals surface area (Å²) in [5.41, 5.74) is 1.41. The molecule has 0 bridgehead atoms. The van der Waals surface area contributed by atoms with Gasteiger partial charge in [0.25, 0.3) is 0 Å². The van der Waals surface area contributed by atoms with Crippen LogP contribution in [-0.2, 0) is 0 Å². The molecule has 1 atom stereocenters. The third-order valence-corrected chi connectivity index (χ3v) is 2.84. The van der Waals surface area contributed by atoms with Gasteiger partial charge < -0.3 is 10.2 Å². The molecule has 2 nitrogen and oxygen atoms in total. The molecule has 1 unspecified atom stereocenters. The molecule has 0 heterocycles. The summed E-state index contributed by atoms with van der Waals surface area (Å²) < 4.78 is 0. The first-order valence-electron chi connectivity index (χ1n) is 6.74. The first kappa shape index (κ1) is 15.7. The molecule has 0 aromatic heterocycles. The van der Waals surface area contributed by atoms with Gasteiger partial charge in [0.15, 0.2) is 0 Å². The Kier molecular flexibility index (Phi) is 9.65. The van der Waals surface area contributed by atoms with Gasteiger partial charge in [-0.25, -0.2) is 0 Å². The van der Waals surface area contributed by atoms with Crippen LogP contribution in [0, 0.1) is 0 Å². The van der Waals surface area contributed by atoms with Crippen LogP contribution in [0.1, 0.15) is 47.5 Å². The highest BCUT2D eigenvalue weighted by molar-refractivity contribution is 5.01. The lowest BCUT2D eigenvalue weighted by molar-refractivity contribution is 0.289. The third kappa shape index (κ3) is 7.89. The number of hydrogen-bond acceptors (Lipinski definition) is 2. The van der Waals surface area contributed by atoms with Crippen molar-refractivity contribution in [1.82, 2.24) is 10.2 Å². The minimum atomic E-state index is 0.547. The summed E-state index contributed by atoms with van der Waals surface area (Å²) in [7, 11) is 0. The van der Waals surface area contributed by atoms with Crippen LogP contribution < -0.4 is 5.32 Å². The van der Waals surface area contributed by atoms with Crippen LogP contribution in [0.25, 0.3) is 0 Å². The Morgan fingerprint density at radius 2 is 1.81 bits per heavy atom. The molecule has 0 fully saturated rings. The maximum Gasteiger partial charge on any atom is 0.0264 e. The van der Waals surface area contributed by atoms with Crippen LogP contribution in [-0.4, -0.2) is 37.1 Å². The molecular weight excluding hydrogens is 196 g/mol. The summed E-state index contributed by atoms with van der Waals surface area (Å²) in [5, 5.41) is 3.60. The third-order valence-electron chi connectivity index (χ3n) is 2.84. The zero-order chi connectivity index (χ0) is 12.4. The quantitative estimate of drug-likeness (QED) is 0.608. The van der Waals surface area contributed by atoms with Gasteiger partial charge in [-0.15, -0.1) is 0 Å². The van der Waals surface area contributed by atoms with Crippen LogP contribution in [0.15, 0.2) is 11.6 Å². The molecule has 0 aromatic rings. The van der Waals surface area contributed by atoms with Gasteiger partial charge in [-0.1, -0.05) is 32.4 Å². The number of hydrogen-bond donors (Lipinski definition) is 1. The predicted octanol–water partition coefficient (Wildman–Crippen LogP) is 3.05. The minimum Gasteiger partial charge on any atom is -0.310 e. The van der Waals surface area contributed by atoms with Crippen molar-refractivity contribution >= 4 is 0 Å². The Morgan fingerprint density at radius 1 is 1.19 bits per heavy atom. The summed E-state index contributed by atoms with van der Waals surface area (Å²) >= 11 is 0. The van der Waals surface area contributed by atoms with Crippen LogP contribution in [0.2, 0.25) is 0 Å². The molecule has 0 aliphatic heterocycles. The first-order valence-corrected chi connectivity index (χ1v) is 6.74. The molecule has 0 rings (SSSR count). The Balaban J connectivity index is 4.04. The van der Waals surface area contributed by atoms with E-state index in [1.165, 1.54) is 25.0 Å². The van der Waals surface area contributed by atoms with Gasteiger partial charge in [0, 0.05) is 6.04 Å². The Hall–Kier alpha value is -0.340. The molecular formula is C14H30N2. The molecule has 0 radical (unpaired) electrons. The van der Waals surface area contributed by atoms with Crippen molar-refractivity contribution in [2.75, 3.05) is 26.2 Å². The highest BCUT2D eigenvalue weighted by atomic mass is 15.1. The average molecular weight is 226 g/mol. The molecule has 96 valence electrons. The maximum absolute atomic E-state index is 3.60. The summed E-state index contributed by atoms with van der Waals surface area (Å²) in [6, 6.07) is 0.547. The topological polar surface area (TPSA) is 15.3 Å².